The Morgan fingerprint density at radius 1 is 0.962 bits per heavy atom. The molecule has 0 aliphatic carbocycles. The molecule has 1 aliphatic heterocycles. The first kappa shape index (κ1) is 16.7. The summed E-state index contributed by atoms with van der Waals surface area (Å²) in [5.74, 6) is 1.43. The Hall–Kier alpha value is -2.77. The molecule has 2 aromatic carbocycles. The third-order valence-corrected chi connectivity index (χ3v) is 4.70. The fourth-order valence-corrected chi connectivity index (χ4v) is 3.23. The van der Waals surface area contributed by atoms with Crippen LogP contribution in [0.25, 0.3) is 10.8 Å². The number of anilines is 3. The molecule has 0 spiro atoms. The highest BCUT2D eigenvalue weighted by molar-refractivity contribution is 5.94. The lowest BCUT2D eigenvalue weighted by molar-refractivity contribution is 0.145. The van der Waals surface area contributed by atoms with E-state index in [0.717, 1.165) is 42.6 Å². The van der Waals surface area contributed by atoms with E-state index in [9.17, 15) is 0 Å². The predicted molar refractivity (Wildman–Crippen MR) is 104 cm³/mol. The Morgan fingerprint density at radius 2 is 1.73 bits per heavy atom. The van der Waals surface area contributed by atoms with Crippen LogP contribution in [-0.2, 0) is 6.54 Å². The molecule has 1 fully saturated rings. The number of nitrogens with one attached hydrogen (secondary N) is 1. The molecule has 0 amide bonds. The Labute approximate surface area is 152 Å². The van der Waals surface area contributed by atoms with E-state index in [1.54, 1.807) is 0 Å². The van der Waals surface area contributed by atoms with Crippen LogP contribution in [0.3, 0.4) is 0 Å². The Morgan fingerprint density at radius 3 is 2.58 bits per heavy atom. The molecule has 134 valence electrons. The number of benzene rings is 2. The van der Waals surface area contributed by atoms with Crippen molar-refractivity contribution >= 4 is 28.4 Å². The van der Waals surface area contributed by atoms with Crippen LogP contribution in [0.15, 0.2) is 42.5 Å². The maximum Gasteiger partial charge on any atom is 0.232 e. The molecule has 3 N–H and O–H groups in total. The molecule has 1 aliphatic rings. The van der Waals surface area contributed by atoms with Crippen LogP contribution >= 0.6 is 0 Å². The van der Waals surface area contributed by atoms with Crippen molar-refractivity contribution in [2.75, 3.05) is 44.3 Å². The molecule has 0 bridgehead atoms. The van der Waals surface area contributed by atoms with Gasteiger partial charge in [-0.3, -0.25) is 4.90 Å². The van der Waals surface area contributed by atoms with Crippen molar-refractivity contribution < 1.29 is 0 Å². The number of fused-ring (bicyclic) bond motifs is 1. The molecule has 0 radical (unpaired) electrons. The molecular formula is C19H23N7. The molecule has 26 heavy (non-hydrogen) atoms. The summed E-state index contributed by atoms with van der Waals surface area (Å²) < 4.78 is 0. The van der Waals surface area contributed by atoms with Crippen molar-refractivity contribution in [1.82, 2.24) is 24.8 Å². The second-order valence-electron chi connectivity index (χ2n) is 6.66. The average Bonchev–Trinajstić information content (AvgIpc) is 2.64. The van der Waals surface area contributed by atoms with Gasteiger partial charge in [0.25, 0.3) is 0 Å². The summed E-state index contributed by atoms with van der Waals surface area (Å²) in [6, 6.07) is 14.3. The van der Waals surface area contributed by atoms with E-state index in [0.29, 0.717) is 18.3 Å². The van der Waals surface area contributed by atoms with E-state index in [2.05, 4.69) is 55.3 Å². The molecular weight excluding hydrogens is 326 g/mol. The van der Waals surface area contributed by atoms with Crippen molar-refractivity contribution in [3.63, 3.8) is 0 Å². The summed E-state index contributed by atoms with van der Waals surface area (Å²) >= 11 is 0. The highest BCUT2D eigenvalue weighted by atomic mass is 15.3. The maximum atomic E-state index is 5.92. The smallest absolute Gasteiger partial charge is 0.232 e. The first-order valence-electron chi connectivity index (χ1n) is 8.83. The van der Waals surface area contributed by atoms with Crippen molar-refractivity contribution in [3.8, 4) is 0 Å². The summed E-state index contributed by atoms with van der Waals surface area (Å²) in [5, 5.41) is 5.59. The van der Waals surface area contributed by atoms with E-state index < -0.39 is 0 Å². The molecule has 0 atom stereocenters. The Bertz CT molecular complexity index is 898. The van der Waals surface area contributed by atoms with Crippen molar-refractivity contribution in [2.45, 2.75) is 6.54 Å². The summed E-state index contributed by atoms with van der Waals surface area (Å²) in [6.07, 6.45) is 0. The zero-order chi connectivity index (χ0) is 17.9. The van der Waals surface area contributed by atoms with Crippen LogP contribution in [0.5, 0.6) is 0 Å². The fourth-order valence-electron chi connectivity index (χ4n) is 3.23. The molecule has 4 rings (SSSR count). The maximum absolute atomic E-state index is 5.92. The summed E-state index contributed by atoms with van der Waals surface area (Å²) in [5.41, 5.74) is 6.88. The van der Waals surface area contributed by atoms with E-state index in [-0.39, 0.29) is 5.95 Å². The number of aromatic nitrogens is 3. The molecule has 1 saturated heterocycles. The van der Waals surface area contributed by atoms with Gasteiger partial charge in [0.15, 0.2) is 0 Å². The minimum atomic E-state index is 0.242. The van der Waals surface area contributed by atoms with Crippen molar-refractivity contribution in [1.29, 1.82) is 0 Å². The van der Waals surface area contributed by atoms with Crippen LogP contribution in [0.1, 0.15) is 5.82 Å². The first-order valence-corrected chi connectivity index (χ1v) is 8.83. The van der Waals surface area contributed by atoms with E-state index >= 15 is 0 Å². The van der Waals surface area contributed by atoms with Gasteiger partial charge in [0.05, 0.1) is 6.54 Å². The molecule has 7 nitrogen and oxygen atoms in total. The zero-order valence-electron chi connectivity index (χ0n) is 14.9. The van der Waals surface area contributed by atoms with Crippen molar-refractivity contribution in [2.24, 2.45) is 0 Å². The number of rotatable bonds is 4. The molecule has 3 aromatic rings. The normalized spacial score (nSPS) is 16.0. The standard InChI is InChI=1S/C19H23N7/c1-25-9-11-26(12-10-25)13-17-22-18(20)24-19(23-17)21-16-8-4-6-14-5-2-3-7-15(14)16/h2-8H,9-13H2,1H3,(H3,20,21,22,23,24). The molecule has 7 heteroatoms. The minimum absolute atomic E-state index is 0.242. The third-order valence-electron chi connectivity index (χ3n) is 4.70. The second-order valence-corrected chi connectivity index (χ2v) is 6.66. The van der Waals surface area contributed by atoms with Crippen molar-refractivity contribution in [3.05, 3.63) is 48.3 Å². The number of nitrogen functional groups attached to an aromatic ring is 1. The molecule has 0 saturated carbocycles. The SMILES string of the molecule is CN1CCN(Cc2nc(N)nc(Nc3cccc4ccccc34)n2)CC1. The predicted octanol–water partition coefficient (Wildman–Crippen LogP) is 2.10. The lowest BCUT2D eigenvalue weighted by Crippen LogP contribution is -2.44. The summed E-state index contributed by atoms with van der Waals surface area (Å²) in [4.78, 5) is 17.8. The number of hydrogen-bond acceptors (Lipinski definition) is 7. The highest BCUT2D eigenvalue weighted by Crippen LogP contribution is 2.25. The van der Waals surface area contributed by atoms with Gasteiger partial charge in [-0.05, 0) is 18.5 Å². The largest absolute Gasteiger partial charge is 0.368 e. The molecule has 2 heterocycles. The van der Waals surface area contributed by atoms with Gasteiger partial charge in [0.2, 0.25) is 11.9 Å². The Balaban J connectivity index is 1.56. The quantitative estimate of drug-likeness (QED) is 0.746. The van der Waals surface area contributed by atoms with Gasteiger partial charge in [-0.2, -0.15) is 15.0 Å². The van der Waals surface area contributed by atoms with Gasteiger partial charge in [-0.15, -0.1) is 0 Å². The van der Waals surface area contributed by atoms with E-state index in [1.807, 2.05) is 24.3 Å². The van der Waals surface area contributed by atoms with Crippen LogP contribution in [0.2, 0.25) is 0 Å². The van der Waals surface area contributed by atoms with E-state index in [4.69, 9.17) is 5.73 Å². The number of piperazine rings is 1. The number of nitrogens with zero attached hydrogens (tertiary/aromatic N) is 5. The van der Waals surface area contributed by atoms with Crippen LogP contribution in [0.4, 0.5) is 17.6 Å². The van der Waals surface area contributed by atoms with Gasteiger partial charge < -0.3 is 16.0 Å². The number of hydrogen-bond donors (Lipinski definition) is 2. The monoisotopic (exact) mass is 349 g/mol. The van der Waals surface area contributed by atoms with Crippen LogP contribution in [0, 0.1) is 0 Å². The fraction of sp³-hybridized carbons (Fsp3) is 0.316. The van der Waals surface area contributed by atoms with E-state index in [1.165, 1.54) is 0 Å². The molecule has 0 unspecified atom stereocenters. The second kappa shape index (κ2) is 7.23. The summed E-state index contributed by atoms with van der Waals surface area (Å²) in [6.45, 7) is 4.82. The van der Waals surface area contributed by atoms with Gasteiger partial charge in [-0.1, -0.05) is 36.4 Å². The lowest BCUT2D eigenvalue weighted by atomic mass is 10.1. The average molecular weight is 349 g/mol. The molecule has 1 aromatic heterocycles. The lowest BCUT2D eigenvalue weighted by Gasteiger charge is -2.31. The van der Waals surface area contributed by atoms with Gasteiger partial charge in [0, 0.05) is 37.3 Å². The number of likely N-dealkylation sites (N-methyl/N-ethyl adjacent to an activating group) is 1. The minimum Gasteiger partial charge on any atom is -0.368 e. The van der Waals surface area contributed by atoms with Gasteiger partial charge >= 0.3 is 0 Å². The summed E-state index contributed by atoms with van der Waals surface area (Å²) in [7, 11) is 2.14. The van der Waals surface area contributed by atoms with Gasteiger partial charge in [-0.25, -0.2) is 0 Å². The topological polar surface area (TPSA) is 83.2 Å². The zero-order valence-corrected chi connectivity index (χ0v) is 14.9. The first-order chi connectivity index (χ1) is 12.7. The Kier molecular flexibility index (Phi) is 4.64. The number of nitrogens with two attached hydrogens (primary N) is 1. The van der Waals surface area contributed by atoms with Gasteiger partial charge in [0.1, 0.15) is 5.82 Å². The highest BCUT2D eigenvalue weighted by Gasteiger charge is 2.16. The van der Waals surface area contributed by atoms with Crippen LogP contribution in [-0.4, -0.2) is 58.0 Å². The third kappa shape index (κ3) is 3.74. The van der Waals surface area contributed by atoms with Crippen LogP contribution < -0.4 is 11.1 Å².